The Kier molecular flexibility index (Phi) is 4.81. The zero-order chi connectivity index (χ0) is 22.3. The summed E-state index contributed by atoms with van der Waals surface area (Å²) in [6.45, 7) is 0. The Balaban J connectivity index is 1.66. The van der Waals surface area contributed by atoms with Crippen molar-refractivity contribution < 1.29 is 29.0 Å². The summed E-state index contributed by atoms with van der Waals surface area (Å²) in [6, 6.07) is 5.75. The number of carboxylic acids is 1. The molecule has 4 rings (SSSR count). The minimum atomic E-state index is -1.39. The molecule has 1 aliphatic carbocycles. The van der Waals surface area contributed by atoms with E-state index < -0.39 is 29.4 Å². The van der Waals surface area contributed by atoms with Crippen LogP contribution in [0.1, 0.15) is 65.4 Å². The molecular weight excluding hydrogens is 408 g/mol. The second kappa shape index (κ2) is 7.48. The Morgan fingerprint density at radius 1 is 1.26 bits per heavy atom. The van der Waals surface area contributed by atoms with Gasteiger partial charge in [0, 0.05) is 6.07 Å². The largest absolute Gasteiger partial charge is 0.477 e. The number of aromatic carboxylic acids is 1. The molecule has 31 heavy (non-hydrogen) atoms. The third kappa shape index (κ3) is 3.43. The fourth-order valence-electron chi connectivity index (χ4n) is 3.55. The van der Waals surface area contributed by atoms with Crippen LogP contribution in [0.15, 0.2) is 24.3 Å². The Labute approximate surface area is 174 Å². The number of carboxylic acid groups (broad SMARTS) is 1. The van der Waals surface area contributed by atoms with E-state index in [2.05, 4.69) is 20.6 Å². The van der Waals surface area contributed by atoms with E-state index in [1.165, 1.54) is 7.11 Å². The summed E-state index contributed by atoms with van der Waals surface area (Å²) in [4.78, 5) is 51.7. The third-order valence-electron chi connectivity index (χ3n) is 5.01. The number of methoxy groups -OCH3 is 1. The predicted octanol–water partition coefficient (Wildman–Crippen LogP) is 0.125. The zero-order valence-corrected chi connectivity index (χ0v) is 16.2. The van der Waals surface area contributed by atoms with Crippen LogP contribution in [0.25, 0.3) is 5.65 Å². The Morgan fingerprint density at radius 3 is 2.71 bits per heavy atom. The lowest BCUT2D eigenvalue weighted by molar-refractivity contribution is 0.0599. The SMILES string of the molecule is COC(=O)c1ccc2c(c1)CC[C@@H]2NC(=O)c1cc(C(=O)O)n2nnc(C(N)=O)c2n1. The Hall–Kier alpha value is -4.35. The third-order valence-corrected chi connectivity index (χ3v) is 5.01. The summed E-state index contributed by atoms with van der Waals surface area (Å²) in [5.41, 5.74) is 6.18. The van der Waals surface area contributed by atoms with E-state index in [1.807, 2.05) is 0 Å². The fraction of sp³-hybridized carbons (Fsp3) is 0.211. The molecule has 0 spiro atoms. The van der Waals surface area contributed by atoms with Gasteiger partial charge in [0.25, 0.3) is 11.8 Å². The van der Waals surface area contributed by atoms with Crippen molar-refractivity contribution in [3.8, 4) is 0 Å². The Bertz CT molecular complexity index is 1270. The average molecular weight is 424 g/mol. The molecule has 12 nitrogen and oxygen atoms in total. The average Bonchev–Trinajstić information content (AvgIpc) is 3.36. The van der Waals surface area contributed by atoms with Crippen molar-refractivity contribution in [1.82, 2.24) is 25.1 Å². The van der Waals surface area contributed by atoms with Crippen LogP contribution in [0.5, 0.6) is 0 Å². The fourth-order valence-corrected chi connectivity index (χ4v) is 3.55. The van der Waals surface area contributed by atoms with Crippen LogP contribution in [0.4, 0.5) is 0 Å². The zero-order valence-electron chi connectivity index (χ0n) is 16.2. The molecule has 3 aromatic rings. The van der Waals surface area contributed by atoms with Crippen LogP contribution >= 0.6 is 0 Å². The van der Waals surface area contributed by atoms with Crippen molar-refractivity contribution in [2.45, 2.75) is 18.9 Å². The number of carbonyl (C=O) groups is 4. The highest BCUT2D eigenvalue weighted by Gasteiger charge is 2.27. The van der Waals surface area contributed by atoms with Crippen LogP contribution in [-0.2, 0) is 11.2 Å². The van der Waals surface area contributed by atoms with E-state index in [1.54, 1.807) is 18.2 Å². The van der Waals surface area contributed by atoms with Gasteiger partial charge >= 0.3 is 11.9 Å². The lowest BCUT2D eigenvalue weighted by atomic mass is 10.0. The van der Waals surface area contributed by atoms with E-state index in [0.717, 1.165) is 21.7 Å². The molecule has 1 aromatic carbocycles. The lowest BCUT2D eigenvalue weighted by Crippen LogP contribution is -2.29. The summed E-state index contributed by atoms with van der Waals surface area (Å²) in [5, 5.41) is 19.4. The number of nitrogens with two attached hydrogens (primary N) is 1. The van der Waals surface area contributed by atoms with Gasteiger partial charge in [-0.3, -0.25) is 9.59 Å². The molecule has 2 aromatic heterocycles. The number of hydrogen-bond acceptors (Lipinski definition) is 8. The van der Waals surface area contributed by atoms with Crippen molar-refractivity contribution in [2.24, 2.45) is 5.73 Å². The molecule has 158 valence electrons. The number of hydrogen-bond donors (Lipinski definition) is 3. The van der Waals surface area contributed by atoms with Crippen molar-refractivity contribution in [1.29, 1.82) is 0 Å². The van der Waals surface area contributed by atoms with E-state index >= 15 is 0 Å². The van der Waals surface area contributed by atoms with Crippen molar-refractivity contribution >= 4 is 29.4 Å². The standard InChI is InChI=1S/C19H16N6O6/c1-31-19(30)9-2-4-10-8(6-9)3-5-11(10)22-17(27)12-7-13(18(28)29)25-16(21-12)14(15(20)26)23-24-25/h2,4,6-7,11H,3,5H2,1H3,(H2,20,26)(H,22,27)(H,28,29)/t11-/m0/s1. The highest BCUT2D eigenvalue weighted by molar-refractivity contribution is 6.00. The summed E-state index contributed by atoms with van der Waals surface area (Å²) >= 11 is 0. The molecule has 2 amide bonds. The first-order chi connectivity index (χ1) is 14.8. The van der Waals surface area contributed by atoms with Gasteiger partial charge in [0.2, 0.25) is 0 Å². The molecular formula is C19H16N6O6. The summed E-state index contributed by atoms with van der Waals surface area (Å²) < 4.78 is 5.55. The van der Waals surface area contributed by atoms with Crippen LogP contribution in [-0.4, -0.2) is 55.8 Å². The first kappa shape index (κ1) is 19.9. The first-order valence-electron chi connectivity index (χ1n) is 9.11. The normalized spacial score (nSPS) is 14.8. The second-order valence-electron chi connectivity index (χ2n) is 6.84. The molecule has 0 unspecified atom stereocenters. The molecule has 4 N–H and O–H groups in total. The van der Waals surface area contributed by atoms with Crippen molar-refractivity contribution in [3.63, 3.8) is 0 Å². The molecule has 0 bridgehead atoms. The van der Waals surface area contributed by atoms with Crippen molar-refractivity contribution in [3.05, 3.63) is 58.0 Å². The molecule has 12 heteroatoms. The summed E-state index contributed by atoms with van der Waals surface area (Å²) in [7, 11) is 1.30. The van der Waals surface area contributed by atoms with Gasteiger partial charge in [-0.05, 0) is 36.1 Å². The molecule has 2 heterocycles. The summed E-state index contributed by atoms with van der Waals surface area (Å²) in [6.07, 6.45) is 1.22. The topological polar surface area (TPSA) is 179 Å². The number of aryl methyl sites for hydroxylation is 1. The van der Waals surface area contributed by atoms with Crippen LogP contribution in [0.2, 0.25) is 0 Å². The monoisotopic (exact) mass is 424 g/mol. The maximum absolute atomic E-state index is 12.8. The van der Waals surface area contributed by atoms with E-state index in [9.17, 15) is 24.3 Å². The number of nitrogens with one attached hydrogen (secondary N) is 1. The summed E-state index contributed by atoms with van der Waals surface area (Å²) in [5.74, 6) is -3.43. The minimum absolute atomic E-state index is 0.227. The number of benzene rings is 1. The number of aromatic nitrogens is 4. The number of primary amides is 1. The van der Waals surface area contributed by atoms with Gasteiger partial charge in [-0.2, -0.15) is 4.52 Å². The molecule has 1 atom stereocenters. The van der Waals surface area contributed by atoms with Gasteiger partial charge < -0.3 is 20.9 Å². The quantitative estimate of drug-likeness (QED) is 0.480. The lowest BCUT2D eigenvalue weighted by Gasteiger charge is -2.14. The second-order valence-corrected chi connectivity index (χ2v) is 6.84. The Morgan fingerprint density at radius 2 is 2.03 bits per heavy atom. The van der Waals surface area contributed by atoms with Gasteiger partial charge in [-0.15, -0.1) is 5.10 Å². The van der Waals surface area contributed by atoms with Gasteiger partial charge in [-0.1, -0.05) is 11.3 Å². The number of rotatable bonds is 5. The smallest absolute Gasteiger partial charge is 0.354 e. The highest BCUT2D eigenvalue weighted by atomic mass is 16.5. The minimum Gasteiger partial charge on any atom is -0.477 e. The first-order valence-corrected chi connectivity index (χ1v) is 9.11. The number of esters is 1. The number of fused-ring (bicyclic) bond motifs is 2. The van der Waals surface area contributed by atoms with E-state index in [-0.39, 0.29) is 23.1 Å². The van der Waals surface area contributed by atoms with Crippen LogP contribution < -0.4 is 11.1 Å². The van der Waals surface area contributed by atoms with Crippen molar-refractivity contribution in [2.75, 3.05) is 7.11 Å². The molecule has 0 aliphatic heterocycles. The van der Waals surface area contributed by atoms with Gasteiger partial charge in [0.05, 0.1) is 18.7 Å². The molecule has 0 fully saturated rings. The number of ether oxygens (including phenoxy) is 1. The van der Waals surface area contributed by atoms with E-state index in [4.69, 9.17) is 10.5 Å². The van der Waals surface area contributed by atoms with Gasteiger partial charge in [0.1, 0.15) is 5.69 Å². The maximum Gasteiger partial charge on any atom is 0.354 e. The number of nitrogens with zero attached hydrogens (tertiary/aromatic N) is 4. The molecule has 0 saturated heterocycles. The van der Waals surface area contributed by atoms with Crippen LogP contribution in [0, 0.1) is 0 Å². The highest BCUT2D eigenvalue weighted by Crippen LogP contribution is 2.32. The molecule has 1 aliphatic rings. The van der Waals surface area contributed by atoms with Gasteiger partial charge in [0.15, 0.2) is 17.0 Å². The van der Waals surface area contributed by atoms with Gasteiger partial charge in [-0.25, -0.2) is 14.6 Å². The maximum atomic E-state index is 12.8. The molecule has 0 saturated carbocycles. The molecule has 0 radical (unpaired) electrons. The number of carbonyl (C=O) groups excluding carboxylic acids is 3. The predicted molar refractivity (Wildman–Crippen MR) is 103 cm³/mol. The van der Waals surface area contributed by atoms with E-state index in [0.29, 0.717) is 18.4 Å². The van der Waals surface area contributed by atoms with Crippen LogP contribution in [0.3, 0.4) is 0 Å². The number of amides is 2.